The van der Waals surface area contributed by atoms with Crippen LogP contribution in [0.25, 0.3) is 0 Å². The van der Waals surface area contributed by atoms with Crippen molar-refractivity contribution in [3.8, 4) is 0 Å². The number of carbonyl (C=O) groups excluding carboxylic acids is 1. The highest BCUT2D eigenvalue weighted by molar-refractivity contribution is 5.71. The van der Waals surface area contributed by atoms with Crippen molar-refractivity contribution in [3.05, 3.63) is 36.6 Å². The second kappa shape index (κ2) is 6.97. The Morgan fingerprint density at radius 2 is 2.38 bits per heavy atom. The summed E-state index contributed by atoms with van der Waals surface area (Å²) in [5.41, 5.74) is 4.87. The van der Waals surface area contributed by atoms with Crippen LogP contribution in [0.5, 0.6) is 0 Å². The average Bonchev–Trinajstić information content (AvgIpc) is 2.10. The molecule has 4 nitrogen and oxygen atoms in total. The van der Waals surface area contributed by atoms with Gasteiger partial charge in [0.2, 0.25) is 0 Å². The zero-order valence-electron chi connectivity index (χ0n) is 7.62. The lowest BCUT2D eigenvalue weighted by atomic mass is 10.4. The molecule has 0 spiro atoms. The minimum absolute atomic E-state index is 0.347. The van der Waals surface area contributed by atoms with E-state index >= 15 is 0 Å². The number of amides is 2. The third-order valence-corrected chi connectivity index (χ3v) is 1.21. The first-order valence-corrected chi connectivity index (χ1v) is 3.77. The zero-order chi connectivity index (χ0) is 10.1. The van der Waals surface area contributed by atoms with Gasteiger partial charge >= 0.3 is 6.03 Å². The Balaban J connectivity index is 3.98. The van der Waals surface area contributed by atoms with Gasteiger partial charge in [-0.05, 0) is 12.2 Å². The van der Waals surface area contributed by atoms with Gasteiger partial charge in [-0.1, -0.05) is 18.7 Å². The number of nitrogens with two attached hydrogens (primary N) is 1. The second-order valence-corrected chi connectivity index (χ2v) is 2.15. The normalized spacial score (nSPS) is 11.3. The predicted octanol–water partition coefficient (Wildman–Crippen LogP) is 0.927. The lowest BCUT2D eigenvalue weighted by Crippen LogP contribution is -2.29. The van der Waals surface area contributed by atoms with Gasteiger partial charge < -0.3 is 15.8 Å². The van der Waals surface area contributed by atoms with Crippen LogP contribution in [0.3, 0.4) is 0 Å². The highest BCUT2D eigenvalue weighted by Gasteiger charge is 1.90. The minimum Gasteiger partial charge on any atom is -0.497 e. The number of rotatable bonds is 5. The molecule has 4 heteroatoms. The summed E-state index contributed by atoms with van der Waals surface area (Å²) in [5, 5.41) is 2.41. The number of carbonyl (C=O) groups is 1. The highest BCUT2D eigenvalue weighted by atomic mass is 16.5. The van der Waals surface area contributed by atoms with Gasteiger partial charge in [-0.15, -0.1) is 0 Å². The van der Waals surface area contributed by atoms with E-state index in [1.54, 1.807) is 31.4 Å². The Labute approximate surface area is 77.8 Å². The molecular weight excluding hydrogens is 168 g/mol. The Hall–Kier alpha value is -1.71. The minimum atomic E-state index is -0.556. The lowest BCUT2D eigenvalue weighted by Gasteiger charge is -2.00. The highest BCUT2D eigenvalue weighted by Crippen LogP contribution is 1.96. The number of urea groups is 1. The van der Waals surface area contributed by atoms with Crippen LogP contribution in [0, 0.1) is 0 Å². The van der Waals surface area contributed by atoms with Crippen LogP contribution in [-0.2, 0) is 4.74 Å². The van der Waals surface area contributed by atoms with Gasteiger partial charge in [0.1, 0.15) is 5.76 Å². The number of methoxy groups -OCH3 is 1. The average molecular weight is 182 g/mol. The van der Waals surface area contributed by atoms with Gasteiger partial charge in [0.25, 0.3) is 0 Å². The molecule has 0 aliphatic rings. The molecule has 3 N–H and O–H groups in total. The molecule has 0 bridgehead atoms. The monoisotopic (exact) mass is 182 g/mol. The molecule has 2 amide bonds. The number of hydrogen-bond donors (Lipinski definition) is 2. The largest absolute Gasteiger partial charge is 0.497 e. The molecule has 0 saturated heterocycles. The topological polar surface area (TPSA) is 64.3 Å². The standard InChI is InChI=1S/C9H14N2O2/c1-3-4-5-8(13-2)6-7-11-9(10)12/h3-6H,1,7H2,2H3,(H3,10,11,12)/b5-4-,8-6+. The summed E-state index contributed by atoms with van der Waals surface area (Å²) in [4.78, 5) is 10.3. The molecule has 0 unspecified atom stereocenters. The molecular formula is C9H14N2O2. The SMILES string of the molecule is C=C/C=C\C(=C/CNC(N)=O)OC. The van der Waals surface area contributed by atoms with Crippen molar-refractivity contribution in [2.75, 3.05) is 13.7 Å². The molecule has 0 atom stereocenters. The third kappa shape index (κ3) is 6.68. The van der Waals surface area contributed by atoms with Crippen molar-refractivity contribution in [1.82, 2.24) is 5.32 Å². The smallest absolute Gasteiger partial charge is 0.312 e. The van der Waals surface area contributed by atoms with E-state index in [1.165, 1.54) is 0 Å². The van der Waals surface area contributed by atoms with E-state index in [9.17, 15) is 4.79 Å². The van der Waals surface area contributed by atoms with E-state index in [2.05, 4.69) is 11.9 Å². The van der Waals surface area contributed by atoms with Crippen LogP contribution in [0.1, 0.15) is 0 Å². The molecule has 0 rings (SSSR count). The molecule has 0 aromatic heterocycles. The maximum atomic E-state index is 10.3. The van der Waals surface area contributed by atoms with Crippen molar-refractivity contribution in [2.45, 2.75) is 0 Å². The van der Waals surface area contributed by atoms with E-state index in [1.807, 2.05) is 0 Å². The van der Waals surface area contributed by atoms with E-state index in [0.29, 0.717) is 12.3 Å². The molecule has 72 valence electrons. The van der Waals surface area contributed by atoms with Gasteiger partial charge in [0, 0.05) is 6.54 Å². The van der Waals surface area contributed by atoms with Crippen molar-refractivity contribution >= 4 is 6.03 Å². The summed E-state index contributed by atoms with van der Waals surface area (Å²) in [6.45, 7) is 3.86. The van der Waals surface area contributed by atoms with Gasteiger partial charge in [0.05, 0.1) is 7.11 Å². The van der Waals surface area contributed by atoms with Crippen molar-refractivity contribution in [2.24, 2.45) is 5.73 Å². The Morgan fingerprint density at radius 3 is 2.85 bits per heavy atom. The number of hydrogen-bond acceptors (Lipinski definition) is 2. The Morgan fingerprint density at radius 1 is 1.69 bits per heavy atom. The van der Waals surface area contributed by atoms with Gasteiger partial charge in [-0.25, -0.2) is 4.79 Å². The summed E-state index contributed by atoms with van der Waals surface area (Å²) < 4.78 is 4.97. The van der Waals surface area contributed by atoms with Crippen LogP contribution in [0.2, 0.25) is 0 Å². The quantitative estimate of drug-likeness (QED) is 0.490. The van der Waals surface area contributed by atoms with E-state index in [4.69, 9.17) is 10.5 Å². The molecule has 0 radical (unpaired) electrons. The van der Waals surface area contributed by atoms with E-state index in [0.717, 1.165) is 0 Å². The van der Waals surface area contributed by atoms with Crippen molar-refractivity contribution in [3.63, 3.8) is 0 Å². The molecule has 0 aliphatic carbocycles. The summed E-state index contributed by atoms with van der Waals surface area (Å²) in [6, 6.07) is -0.556. The fourth-order valence-corrected chi connectivity index (χ4v) is 0.635. The number of allylic oxidation sites excluding steroid dienone is 3. The number of nitrogens with one attached hydrogen (secondary N) is 1. The first-order chi connectivity index (χ1) is 6.20. The molecule has 0 fully saturated rings. The fourth-order valence-electron chi connectivity index (χ4n) is 0.635. The predicted molar refractivity (Wildman–Crippen MR) is 52.0 cm³/mol. The Kier molecular flexibility index (Phi) is 6.05. The maximum Gasteiger partial charge on any atom is 0.312 e. The molecule has 0 aromatic rings. The Bertz CT molecular complexity index is 232. The maximum absolute atomic E-state index is 10.3. The molecule has 0 saturated carbocycles. The summed E-state index contributed by atoms with van der Waals surface area (Å²) in [6.07, 6.45) is 6.80. The summed E-state index contributed by atoms with van der Waals surface area (Å²) >= 11 is 0. The van der Waals surface area contributed by atoms with Crippen LogP contribution >= 0.6 is 0 Å². The molecule has 0 heterocycles. The van der Waals surface area contributed by atoms with Gasteiger partial charge in [-0.2, -0.15) is 0 Å². The van der Waals surface area contributed by atoms with Crippen molar-refractivity contribution in [1.29, 1.82) is 0 Å². The second-order valence-electron chi connectivity index (χ2n) is 2.15. The zero-order valence-corrected chi connectivity index (χ0v) is 7.62. The third-order valence-electron chi connectivity index (χ3n) is 1.21. The van der Waals surface area contributed by atoms with Crippen LogP contribution in [0.15, 0.2) is 36.6 Å². The number of ether oxygens (including phenoxy) is 1. The van der Waals surface area contributed by atoms with Crippen molar-refractivity contribution < 1.29 is 9.53 Å². The lowest BCUT2D eigenvalue weighted by molar-refractivity contribution is 0.249. The summed E-state index contributed by atoms with van der Waals surface area (Å²) in [5.74, 6) is 0.647. The molecule has 13 heavy (non-hydrogen) atoms. The van der Waals surface area contributed by atoms with Crippen LogP contribution in [-0.4, -0.2) is 19.7 Å². The fraction of sp³-hybridized carbons (Fsp3) is 0.222. The molecule has 0 aliphatic heterocycles. The van der Waals surface area contributed by atoms with E-state index < -0.39 is 6.03 Å². The first kappa shape index (κ1) is 11.3. The first-order valence-electron chi connectivity index (χ1n) is 3.77. The number of primary amides is 1. The van der Waals surface area contributed by atoms with Crippen LogP contribution < -0.4 is 11.1 Å². The summed E-state index contributed by atoms with van der Waals surface area (Å²) in [7, 11) is 1.55. The van der Waals surface area contributed by atoms with Crippen LogP contribution in [0.4, 0.5) is 4.79 Å². The molecule has 0 aromatic carbocycles. The van der Waals surface area contributed by atoms with Gasteiger partial charge in [-0.3, -0.25) is 0 Å². The van der Waals surface area contributed by atoms with E-state index in [-0.39, 0.29) is 0 Å². The van der Waals surface area contributed by atoms with Gasteiger partial charge in [0.15, 0.2) is 0 Å².